The van der Waals surface area contributed by atoms with Gasteiger partial charge in [-0.1, -0.05) is 24.3 Å². The van der Waals surface area contributed by atoms with Crippen LogP contribution in [0.2, 0.25) is 0 Å². The quantitative estimate of drug-likeness (QED) is 0.240. The van der Waals surface area contributed by atoms with E-state index < -0.39 is 22.7 Å². The standard InChI is InChI=1S/3C6H5.C5H5.3CO.Cr.Pb/c3*1-2-4-6-5-3-1;1-2-4-5-3-1;3*1-2;;/h3*1-5H;1-5H;;;;;. The number of rotatable bonds is 3. The number of benzene rings is 3. The number of hydrogen-bond donors (Lipinski definition) is 0. The van der Waals surface area contributed by atoms with Crippen LogP contribution in [0.5, 0.6) is 0 Å². The van der Waals surface area contributed by atoms with Crippen molar-refractivity contribution in [1.82, 2.24) is 0 Å². The molecule has 0 unspecified atom stereocenters. The molecule has 0 N–H and O–H groups in total. The molecule has 0 saturated carbocycles. The van der Waals surface area contributed by atoms with E-state index in [0.29, 0.717) is 0 Å². The first-order valence-corrected chi connectivity index (χ1v) is 14.6. The van der Waals surface area contributed by atoms with Gasteiger partial charge in [0.05, 0.1) is 0 Å². The van der Waals surface area contributed by atoms with Crippen LogP contribution in [0.25, 0.3) is 0 Å². The van der Waals surface area contributed by atoms with Gasteiger partial charge in [0.1, 0.15) is 0 Å². The normalized spacial score (nSPS) is 9.52. The second-order valence-corrected chi connectivity index (χ2v) is 15.1. The van der Waals surface area contributed by atoms with Crippen LogP contribution >= 0.6 is 0 Å². The molecule has 31 heavy (non-hydrogen) atoms. The molecule has 1 aliphatic rings. The molecule has 0 spiro atoms. The molecule has 152 valence electrons. The van der Waals surface area contributed by atoms with Crippen molar-refractivity contribution >= 4 is 32.1 Å². The Labute approximate surface area is 203 Å². The molecule has 0 aliphatic heterocycles. The third kappa shape index (κ3) is 12.3. The van der Waals surface area contributed by atoms with Gasteiger partial charge in [-0.2, -0.15) is 0 Å². The fourth-order valence-corrected chi connectivity index (χ4v) is 12.7. The van der Waals surface area contributed by atoms with Gasteiger partial charge < -0.3 is 0 Å². The zero-order valence-corrected chi connectivity index (χ0v) is 21.8. The summed E-state index contributed by atoms with van der Waals surface area (Å²) in [6.45, 7) is 13.5. The van der Waals surface area contributed by atoms with Crippen molar-refractivity contribution in [3.05, 3.63) is 142 Å². The molecule has 2 radical (unpaired) electrons. The molecule has 0 atom stereocenters. The molecule has 0 saturated heterocycles. The topological polar surface area (TPSA) is 59.7 Å². The predicted octanol–water partition coefficient (Wildman–Crippen LogP) is 3.40. The van der Waals surface area contributed by atoms with Crippen molar-refractivity contribution in [2.75, 3.05) is 0 Å². The zero-order chi connectivity index (χ0) is 22.5. The Balaban J connectivity index is 0. The van der Waals surface area contributed by atoms with Gasteiger partial charge >= 0.3 is 157 Å². The maximum absolute atomic E-state index is 7.50. The molecule has 0 amide bonds. The van der Waals surface area contributed by atoms with Gasteiger partial charge in [0.2, 0.25) is 0 Å². The second-order valence-electron chi connectivity index (χ2n) is 5.44. The molecule has 3 aromatic rings. The Morgan fingerprint density at radius 2 is 0.677 bits per heavy atom. The van der Waals surface area contributed by atoms with Crippen LogP contribution in [0.15, 0.2) is 115 Å². The van der Waals surface area contributed by atoms with Gasteiger partial charge in [0, 0.05) is 23.8 Å². The van der Waals surface area contributed by atoms with E-state index in [1.807, 2.05) is 30.7 Å². The van der Waals surface area contributed by atoms with Crippen LogP contribution < -0.4 is 9.37 Å². The van der Waals surface area contributed by atoms with Crippen LogP contribution in [-0.4, -0.2) is 22.7 Å². The molecular weight excluding hydrogens is 619 g/mol. The second kappa shape index (κ2) is 22.5. The Bertz CT molecular complexity index is 800. The summed E-state index contributed by atoms with van der Waals surface area (Å²) in [6, 6.07) is 33.0. The summed E-state index contributed by atoms with van der Waals surface area (Å²) < 4.78 is 27.1. The average molecular weight is 640 g/mol. The summed E-state index contributed by atoms with van der Waals surface area (Å²) >= 11 is -2.17. The molecule has 0 fully saturated rings. The molecule has 1 aliphatic carbocycles. The van der Waals surface area contributed by atoms with Crippen LogP contribution in [0, 0.1) is 26.4 Å². The fourth-order valence-electron chi connectivity index (χ4n) is 2.64. The van der Waals surface area contributed by atoms with E-state index in [1.165, 1.54) is 0 Å². The van der Waals surface area contributed by atoms with Crippen LogP contribution in [-0.2, 0) is 31.3 Å². The summed E-state index contributed by atoms with van der Waals surface area (Å²) in [5.41, 5.74) is 0. The van der Waals surface area contributed by atoms with E-state index in [9.17, 15) is 0 Å². The van der Waals surface area contributed by atoms with E-state index >= 15 is 0 Å². The summed E-state index contributed by atoms with van der Waals surface area (Å²) in [7, 11) is 0. The Kier molecular flexibility index (Phi) is 22.5. The van der Waals surface area contributed by atoms with Gasteiger partial charge in [-0.25, -0.2) is 0 Å². The van der Waals surface area contributed by atoms with Crippen molar-refractivity contribution < 1.29 is 31.3 Å². The average Bonchev–Trinajstić information content (AvgIpc) is 3.46. The van der Waals surface area contributed by atoms with Gasteiger partial charge in [-0.05, 0) is 0 Å². The first-order valence-electron chi connectivity index (χ1n) is 8.76. The summed E-state index contributed by atoms with van der Waals surface area (Å²) in [5, 5.41) is 0. The number of hydrogen-bond acceptors (Lipinski definition) is 0. The molecule has 0 bridgehead atoms. The van der Waals surface area contributed by atoms with Gasteiger partial charge in [0.15, 0.2) is 0 Å². The van der Waals surface area contributed by atoms with Gasteiger partial charge in [-0.15, -0.1) is 0 Å². The fraction of sp³-hybridized carbons (Fsp3) is 0. The Morgan fingerprint density at radius 1 is 0.419 bits per heavy atom. The Hall–Kier alpha value is -2.19. The SMILES string of the molecule is [C-]#[O+].[C-]#[O+].[C-]#[O+].[CH]1C=CC=C1.[Cr].c1cc[c]([Pb]([c]2ccccc2)[c]2ccccc2)cc1. The van der Waals surface area contributed by atoms with Crippen LogP contribution in [0.4, 0.5) is 0 Å². The van der Waals surface area contributed by atoms with Crippen molar-refractivity contribution in [3.8, 4) is 0 Å². The van der Waals surface area contributed by atoms with Crippen LogP contribution in [0.3, 0.4) is 0 Å². The van der Waals surface area contributed by atoms with E-state index in [2.05, 4.69) is 111 Å². The minimum atomic E-state index is -2.17. The third-order valence-corrected chi connectivity index (χ3v) is 14.4. The van der Waals surface area contributed by atoms with Crippen molar-refractivity contribution in [2.45, 2.75) is 0 Å². The predicted molar refractivity (Wildman–Crippen MR) is 118 cm³/mol. The van der Waals surface area contributed by atoms with Crippen LogP contribution in [0.1, 0.15) is 0 Å². The summed E-state index contributed by atoms with van der Waals surface area (Å²) in [5.74, 6) is 0. The zero-order valence-electron chi connectivity index (χ0n) is 16.7. The van der Waals surface area contributed by atoms with E-state index in [0.717, 1.165) is 0 Å². The summed E-state index contributed by atoms with van der Waals surface area (Å²) in [4.78, 5) is 0. The minimum absolute atomic E-state index is 0. The summed E-state index contributed by atoms with van der Waals surface area (Å²) in [6.07, 6.45) is 10.0. The first kappa shape index (κ1) is 31.0. The van der Waals surface area contributed by atoms with Crippen molar-refractivity contribution in [3.63, 3.8) is 0 Å². The molecule has 5 heteroatoms. The molecule has 0 aromatic heterocycles. The van der Waals surface area contributed by atoms with E-state index in [-0.39, 0.29) is 17.4 Å². The van der Waals surface area contributed by atoms with E-state index in [4.69, 9.17) is 14.0 Å². The molecule has 4 rings (SSSR count). The first-order chi connectivity index (χ1) is 14.9. The maximum atomic E-state index is 7.50. The van der Waals surface area contributed by atoms with Crippen molar-refractivity contribution in [2.24, 2.45) is 0 Å². The Morgan fingerprint density at radius 3 is 0.871 bits per heavy atom. The number of allylic oxidation sites excluding steroid dienone is 4. The molecular formula is C26H20CrO3Pb. The molecule has 0 heterocycles. The van der Waals surface area contributed by atoms with Crippen molar-refractivity contribution in [1.29, 1.82) is 0 Å². The third-order valence-electron chi connectivity index (χ3n) is 3.74. The monoisotopic (exact) mass is 640 g/mol. The van der Waals surface area contributed by atoms with E-state index in [1.54, 1.807) is 9.37 Å². The van der Waals surface area contributed by atoms with Gasteiger partial charge in [-0.3, -0.25) is 0 Å². The molecule has 3 aromatic carbocycles. The van der Waals surface area contributed by atoms with Gasteiger partial charge in [0.25, 0.3) is 0 Å². The molecule has 3 nitrogen and oxygen atoms in total.